The molecule has 0 unspecified atom stereocenters. The van der Waals surface area contributed by atoms with Crippen LogP contribution >= 0.6 is 11.8 Å². The van der Waals surface area contributed by atoms with Crippen LogP contribution in [0.5, 0.6) is 0 Å². The summed E-state index contributed by atoms with van der Waals surface area (Å²) in [6, 6.07) is 14.4. The largest absolute Gasteiger partial charge is 0.368 e. The first-order chi connectivity index (χ1) is 15.1. The number of thioether (sulfide) groups is 1. The second-order valence-electron chi connectivity index (χ2n) is 6.98. The minimum atomic E-state index is -0.468. The Morgan fingerprint density at radius 3 is 2.42 bits per heavy atom. The van der Waals surface area contributed by atoms with Gasteiger partial charge in [0.25, 0.3) is 0 Å². The fourth-order valence-corrected chi connectivity index (χ4v) is 3.98. The van der Waals surface area contributed by atoms with Crippen molar-refractivity contribution < 1.29 is 13.6 Å². The highest BCUT2D eigenvalue weighted by Gasteiger charge is 2.19. The van der Waals surface area contributed by atoms with Crippen LogP contribution in [-0.4, -0.2) is 47.8 Å². The van der Waals surface area contributed by atoms with Crippen molar-refractivity contribution in [3.8, 4) is 0 Å². The maximum absolute atomic E-state index is 13.7. The number of nitrogens with zero attached hydrogens (tertiary/aromatic N) is 4. The highest BCUT2D eigenvalue weighted by molar-refractivity contribution is 7.99. The molecule has 0 bridgehead atoms. The van der Waals surface area contributed by atoms with Crippen molar-refractivity contribution in [1.82, 2.24) is 9.97 Å². The number of benzene rings is 2. The molecule has 1 fully saturated rings. The zero-order chi connectivity index (χ0) is 21.6. The molecule has 0 radical (unpaired) electrons. The third-order valence-corrected chi connectivity index (χ3v) is 5.85. The Balaban J connectivity index is 1.31. The monoisotopic (exact) mass is 441 g/mol. The minimum absolute atomic E-state index is 0.114. The van der Waals surface area contributed by atoms with Gasteiger partial charge in [-0.25, -0.2) is 18.7 Å². The molecule has 0 spiro atoms. The quantitative estimate of drug-likeness (QED) is 0.464. The Bertz CT molecular complexity index is 1040. The Kier molecular flexibility index (Phi) is 6.61. The molecule has 31 heavy (non-hydrogen) atoms. The summed E-state index contributed by atoms with van der Waals surface area (Å²) in [6.07, 6.45) is 1.48. The van der Waals surface area contributed by atoms with E-state index in [0.29, 0.717) is 5.03 Å². The van der Waals surface area contributed by atoms with E-state index in [0.717, 1.165) is 37.7 Å². The van der Waals surface area contributed by atoms with Gasteiger partial charge < -0.3 is 15.1 Å². The van der Waals surface area contributed by atoms with E-state index in [1.165, 1.54) is 42.4 Å². The Morgan fingerprint density at radius 1 is 0.968 bits per heavy atom. The van der Waals surface area contributed by atoms with Gasteiger partial charge in [0.15, 0.2) is 0 Å². The lowest BCUT2D eigenvalue weighted by atomic mass is 10.2. The zero-order valence-corrected chi connectivity index (χ0v) is 17.5. The van der Waals surface area contributed by atoms with Gasteiger partial charge in [-0.1, -0.05) is 23.9 Å². The molecule has 1 saturated heterocycles. The van der Waals surface area contributed by atoms with Crippen LogP contribution in [0.4, 0.5) is 26.0 Å². The first kappa shape index (κ1) is 21.0. The fourth-order valence-electron chi connectivity index (χ4n) is 3.32. The number of carbonyl (C=O) groups excluding carboxylic acids is 1. The third kappa shape index (κ3) is 5.49. The molecule has 6 nitrogen and oxygen atoms in total. The lowest BCUT2D eigenvalue weighted by molar-refractivity contribution is -0.113. The molecule has 9 heteroatoms. The number of nitrogens with one attached hydrogen (secondary N) is 1. The number of amides is 1. The summed E-state index contributed by atoms with van der Waals surface area (Å²) in [5.74, 6) is -0.0989. The van der Waals surface area contributed by atoms with Crippen LogP contribution in [0.1, 0.15) is 0 Å². The van der Waals surface area contributed by atoms with Crippen LogP contribution in [-0.2, 0) is 4.79 Å². The molecule has 2 aromatic carbocycles. The topological polar surface area (TPSA) is 61.4 Å². The van der Waals surface area contributed by atoms with Crippen molar-refractivity contribution >= 4 is 34.9 Å². The SMILES string of the molecule is O=C(CSc1cc(N2CCN(c3ccc(F)cc3)CC2)ncn1)Nc1ccccc1F. The molecular formula is C22H21F2N5OS. The Morgan fingerprint density at radius 2 is 1.68 bits per heavy atom. The standard InChI is InChI=1S/C22H21F2N5OS/c23-16-5-7-17(8-6-16)28-9-11-29(12-10-28)20-13-22(26-15-25-20)31-14-21(30)27-19-4-2-1-3-18(19)24/h1-8,13,15H,9-12,14H2,(H,27,30). The van der Waals surface area contributed by atoms with Gasteiger partial charge in [-0.3, -0.25) is 4.79 Å². The molecule has 2 heterocycles. The molecule has 1 aromatic heterocycles. The van der Waals surface area contributed by atoms with E-state index in [2.05, 4.69) is 25.1 Å². The van der Waals surface area contributed by atoms with Crippen LogP contribution < -0.4 is 15.1 Å². The molecule has 160 valence electrons. The lowest BCUT2D eigenvalue weighted by Crippen LogP contribution is -2.46. The number of anilines is 3. The van der Waals surface area contributed by atoms with Gasteiger partial charge in [-0.15, -0.1) is 0 Å². The van der Waals surface area contributed by atoms with Crippen LogP contribution in [0.2, 0.25) is 0 Å². The zero-order valence-electron chi connectivity index (χ0n) is 16.7. The van der Waals surface area contributed by atoms with Crippen LogP contribution in [0.3, 0.4) is 0 Å². The summed E-state index contributed by atoms with van der Waals surface area (Å²) in [5.41, 5.74) is 1.16. The van der Waals surface area contributed by atoms with E-state index in [9.17, 15) is 13.6 Å². The molecule has 1 aliphatic rings. The number of halogens is 2. The van der Waals surface area contributed by atoms with Gasteiger partial charge in [-0.05, 0) is 36.4 Å². The predicted octanol–water partition coefficient (Wildman–Crippen LogP) is 3.81. The van der Waals surface area contributed by atoms with E-state index in [-0.39, 0.29) is 23.2 Å². The van der Waals surface area contributed by atoms with E-state index in [1.54, 1.807) is 24.3 Å². The number of piperazine rings is 1. The first-order valence-electron chi connectivity index (χ1n) is 9.83. The Hall–Kier alpha value is -3.20. The summed E-state index contributed by atoms with van der Waals surface area (Å²) in [5, 5.41) is 3.24. The van der Waals surface area contributed by atoms with Gasteiger partial charge >= 0.3 is 0 Å². The van der Waals surface area contributed by atoms with Crippen molar-refractivity contribution in [2.45, 2.75) is 5.03 Å². The highest BCUT2D eigenvalue weighted by Crippen LogP contribution is 2.23. The number of para-hydroxylation sites is 1. The number of aromatic nitrogens is 2. The van der Waals surface area contributed by atoms with E-state index >= 15 is 0 Å². The average Bonchev–Trinajstić information content (AvgIpc) is 2.80. The summed E-state index contributed by atoms with van der Waals surface area (Å²) in [4.78, 5) is 25.1. The first-order valence-corrected chi connectivity index (χ1v) is 10.8. The average molecular weight is 442 g/mol. The molecule has 3 aromatic rings. The molecule has 1 N–H and O–H groups in total. The summed E-state index contributed by atoms with van der Waals surface area (Å²) in [7, 11) is 0. The number of carbonyl (C=O) groups is 1. The van der Waals surface area contributed by atoms with Gasteiger partial charge in [0.2, 0.25) is 5.91 Å². The molecule has 0 aliphatic carbocycles. The number of hydrogen-bond acceptors (Lipinski definition) is 6. The second kappa shape index (κ2) is 9.74. The predicted molar refractivity (Wildman–Crippen MR) is 119 cm³/mol. The smallest absolute Gasteiger partial charge is 0.234 e. The number of hydrogen-bond donors (Lipinski definition) is 1. The van der Waals surface area contributed by atoms with Gasteiger partial charge in [0.05, 0.1) is 11.4 Å². The molecule has 1 aliphatic heterocycles. The Labute approximate surface area is 183 Å². The molecule has 1 amide bonds. The highest BCUT2D eigenvalue weighted by atomic mass is 32.2. The summed E-state index contributed by atoms with van der Waals surface area (Å²) < 4.78 is 26.8. The van der Waals surface area contributed by atoms with E-state index in [4.69, 9.17) is 0 Å². The number of rotatable bonds is 6. The van der Waals surface area contributed by atoms with Crippen molar-refractivity contribution in [3.05, 3.63) is 72.6 Å². The van der Waals surface area contributed by atoms with Crippen LogP contribution in [0.15, 0.2) is 66.0 Å². The van der Waals surface area contributed by atoms with E-state index in [1.807, 2.05) is 6.07 Å². The van der Waals surface area contributed by atoms with Crippen molar-refractivity contribution in [2.75, 3.05) is 47.0 Å². The van der Waals surface area contributed by atoms with Gasteiger partial charge in [0.1, 0.15) is 28.8 Å². The molecule has 0 atom stereocenters. The van der Waals surface area contributed by atoms with Gasteiger partial charge in [-0.2, -0.15) is 0 Å². The lowest BCUT2D eigenvalue weighted by Gasteiger charge is -2.36. The third-order valence-electron chi connectivity index (χ3n) is 4.92. The molecular weight excluding hydrogens is 420 g/mol. The maximum atomic E-state index is 13.7. The van der Waals surface area contributed by atoms with Crippen molar-refractivity contribution in [3.63, 3.8) is 0 Å². The normalized spacial score (nSPS) is 13.9. The van der Waals surface area contributed by atoms with Crippen molar-refractivity contribution in [1.29, 1.82) is 0 Å². The molecule has 0 saturated carbocycles. The summed E-state index contributed by atoms with van der Waals surface area (Å²) in [6.45, 7) is 3.13. The van der Waals surface area contributed by atoms with E-state index < -0.39 is 5.82 Å². The van der Waals surface area contributed by atoms with Crippen LogP contribution in [0, 0.1) is 11.6 Å². The minimum Gasteiger partial charge on any atom is -0.368 e. The van der Waals surface area contributed by atoms with Crippen molar-refractivity contribution in [2.24, 2.45) is 0 Å². The molecule has 4 rings (SSSR count). The second-order valence-corrected chi connectivity index (χ2v) is 7.98. The maximum Gasteiger partial charge on any atom is 0.234 e. The fraction of sp³-hybridized carbons (Fsp3) is 0.227. The van der Waals surface area contributed by atoms with Gasteiger partial charge in [0, 0.05) is 37.9 Å². The summed E-state index contributed by atoms with van der Waals surface area (Å²) >= 11 is 1.27. The van der Waals surface area contributed by atoms with Crippen LogP contribution in [0.25, 0.3) is 0 Å².